The number of allylic oxidation sites excluding steroid dienone is 1. The smallest absolute Gasteiger partial charge is 0.241 e. The monoisotopic (exact) mass is 433 g/mol. The van der Waals surface area contributed by atoms with Gasteiger partial charge in [0.2, 0.25) is 17.7 Å². The van der Waals surface area contributed by atoms with E-state index in [0.29, 0.717) is 17.5 Å². The Kier molecular flexibility index (Phi) is 4.85. The van der Waals surface area contributed by atoms with Gasteiger partial charge in [-0.3, -0.25) is 14.2 Å². The van der Waals surface area contributed by atoms with E-state index in [4.69, 9.17) is 10.5 Å². The standard InChI is InChI=1S/C21H23N9O2/c1-29-6-5-16(28-29)15-10-23-19-18(15)20(32-14-7-12(8-14)3-4-17(22)31)27-21(26-19)25-13-9-24-30(2)11-13/h3-6,9-12,14H,7-8H2,1-2H3,(H2,22,31)(H2,23,25,26,27)/t12-,14-. The molecule has 164 valence electrons. The van der Waals surface area contributed by atoms with Crippen LogP contribution in [0.15, 0.2) is 43.0 Å². The summed E-state index contributed by atoms with van der Waals surface area (Å²) in [5, 5.41) is 12.6. The zero-order chi connectivity index (χ0) is 22.2. The molecule has 0 aliphatic heterocycles. The molecule has 4 N–H and O–H groups in total. The van der Waals surface area contributed by atoms with Gasteiger partial charge < -0.3 is 20.8 Å². The van der Waals surface area contributed by atoms with E-state index >= 15 is 0 Å². The van der Waals surface area contributed by atoms with Crippen molar-refractivity contribution in [3.63, 3.8) is 0 Å². The number of anilines is 2. The summed E-state index contributed by atoms with van der Waals surface area (Å²) in [7, 11) is 3.71. The quantitative estimate of drug-likeness (QED) is 0.379. The second kappa shape index (κ2) is 7.84. The molecule has 0 saturated heterocycles. The molecule has 0 spiro atoms. The maximum Gasteiger partial charge on any atom is 0.241 e. The summed E-state index contributed by atoms with van der Waals surface area (Å²) >= 11 is 0. The summed E-state index contributed by atoms with van der Waals surface area (Å²) in [5.74, 6) is 0.703. The maximum atomic E-state index is 11.0. The first-order chi connectivity index (χ1) is 15.4. The molecule has 32 heavy (non-hydrogen) atoms. The highest BCUT2D eigenvalue weighted by atomic mass is 16.5. The van der Waals surface area contributed by atoms with Gasteiger partial charge in [-0.05, 0) is 30.9 Å². The number of nitrogens with two attached hydrogens (primary N) is 1. The molecule has 1 amide bonds. The number of nitrogens with one attached hydrogen (secondary N) is 2. The lowest BCUT2D eigenvalue weighted by molar-refractivity contribution is -0.113. The van der Waals surface area contributed by atoms with Crippen LogP contribution in [0.2, 0.25) is 0 Å². The second-order valence-electron chi connectivity index (χ2n) is 7.91. The lowest BCUT2D eigenvalue weighted by Crippen LogP contribution is -2.33. The third-order valence-corrected chi connectivity index (χ3v) is 5.39. The first kappa shape index (κ1) is 19.8. The van der Waals surface area contributed by atoms with E-state index in [1.54, 1.807) is 15.6 Å². The molecular weight excluding hydrogens is 410 g/mol. The van der Waals surface area contributed by atoms with Gasteiger partial charge in [0.05, 0.1) is 23.0 Å². The van der Waals surface area contributed by atoms with Gasteiger partial charge in [0.25, 0.3) is 0 Å². The fraction of sp³-hybridized carbons (Fsp3) is 0.286. The van der Waals surface area contributed by atoms with Crippen LogP contribution in [-0.4, -0.2) is 46.5 Å². The van der Waals surface area contributed by atoms with Crippen LogP contribution < -0.4 is 15.8 Å². The minimum Gasteiger partial charge on any atom is -0.474 e. The summed E-state index contributed by atoms with van der Waals surface area (Å²) in [6.07, 6.45) is 12.1. The van der Waals surface area contributed by atoms with Crippen LogP contribution in [0.1, 0.15) is 12.8 Å². The molecule has 5 rings (SSSR count). The van der Waals surface area contributed by atoms with Gasteiger partial charge in [-0.2, -0.15) is 20.2 Å². The van der Waals surface area contributed by atoms with Crippen molar-refractivity contribution in [2.75, 3.05) is 5.32 Å². The van der Waals surface area contributed by atoms with Crippen molar-refractivity contribution in [1.82, 2.24) is 34.5 Å². The van der Waals surface area contributed by atoms with Crippen LogP contribution in [0.5, 0.6) is 5.88 Å². The van der Waals surface area contributed by atoms with Crippen molar-refractivity contribution in [2.45, 2.75) is 18.9 Å². The minimum absolute atomic E-state index is 0.0200. The van der Waals surface area contributed by atoms with Crippen LogP contribution in [0.4, 0.5) is 11.6 Å². The van der Waals surface area contributed by atoms with Crippen LogP contribution in [0, 0.1) is 5.92 Å². The Labute approximate surface area is 183 Å². The SMILES string of the molecule is Cn1cc(Nc2nc(O[C@H]3C[C@H](C=CC(N)=O)C3)c3c(-c4ccn(C)n4)c[nH]c3n2)cn1. The number of fused-ring (bicyclic) bond motifs is 1. The predicted molar refractivity (Wildman–Crippen MR) is 118 cm³/mol. The van der Waals surface area contributed by atoms with Gasteiger partial charge in [0.15, 0.2) is 0 Å². The summed E-state index contributed by atoms with van der Waals surface area (Å²) in [4.78, 5) is 23.5. The Morgan fingerprint density at radius 2 is 2.16 bits per heavy atom. The van der Waals surface area contributed by atoms with E-state index in [1.165, 1.54) is 6.08 Å². The van der Waals surface area contributed by atoms with Crippen molar-refractivity contribution in [3.05, 3.63) is 43.0 Å². The summed E-state index contributed by atoms with van der Waals surface area (Å²) in [6, 6.07) is 1.93. The Balaban J connectivity index is 1.47. The molecule has 4 aromatic rings. The molecule has 0 atom stereocenters. The van der Waals surface area contributed by atoms with E-state index in [9.17, 15) is 4.79 Å². The molecule has 11 nitrogen and oxygen atoms in total. The van der Waals surface area contributed by atoms with Crippen molar-refractivity contribution in [1.29, 1.82) is 0 Å². The molecule has 4 heterocycles. The van der Waals surface area contributed by atoms with Gasteiger partial charge in [0.1, 0.15) is 11.8 Å². The molecular formula is C21H23N9O2. The van der Waals surface area contributed by atoms with Gasteiger partial charge in [-0.15, -0.1) is 0 Å². The van der Waals surface area contributed by atoms with E-state index < -0.39 is 5.91 Å². The fourth-order valence-electron chi connectivity index (χ4n) is 3.77. The van der Waals surface area contributed by atoms with Gasteiger partial charge >= 0.3 is 0 Å². The Hall–Kier alpha value is -4.15. The Morgan fingerprint density at radius 3 is 2.84 bits per heavy atom. The number of carbonyl (C=O) groups is 1. The molecule has 1 aliphatic carbocycles. The molecule has 1 aliphatic rings. The number of H-pyrrole nitrogens is 1. The van der Waals surface area contributed by atoms with Crippen LogP contribution in [0.25, 0.3) is 22.3 Å². The largest absolute Gasteiger partial charge is 0.474 e. The van der Waals surface area contributed by atoms with Gasteiger partial charge in [-0.1, -0.05) is 6.08 Å². The molecule has 11 heteroatoms. The molecule has 0 bridgehead atoms. The number of aryl methyl sites for hydroxylation is 2. The summed E-state index contributed by atoms with van der Waals surface area (Å²) < 4.78 is 9.74. The molecule has 4 aromatic heterocycles. The topological polar surface area (TPSA) is 142 Å². The molecule has 0 aromatic carbocycles. The Bertz CT molecular complexity index is 1310. The number of aromatic nitrogens is 7. The highest BCUT2D eigenvalue weighted by molar-refractivity contribution is 5.97. The maximum absolute atomic E-state index is 11.0. The van der Waals surface area contributed by atoms with E-state index in [2.05, 4.69) is 30.5 Å². The predicted octanol–water partition coefficient (Wildman–Crippen LogP) is 2.03. The van der Waals surface area contributed by atoms with Crippen molar-refractivity contribution < 1.29 is 9.53 Å². The first-order valence-electron chi connectivity index (χ1n) is 10.2. The number of ether oxygens (including phenoxy) is 1. The number of amides is 1. The highest BCUT2D eigenvalue weighted by Crippen LogP contribution is 2.38. The Morgan fingerprint density at radius 1 is 1.31 bits per heavy atom. The van der Waals surface area contributed by atoms with Crippen molar-refractivity contribution in [3.8, 4) is 17.1 Å². The summed E-state index contributed by atoms with van der Waals surface area (Å²) in [6.45, 7) is 0. The number of aromatic amines is 1. The molecule has 1 fully saturated rings. The van der Waals surface area contributed by atoms with Gasteiger partial charge in [0, 0.05) is 38.2 Å². The first-order valence-corrected chi connectivity index (χ1v) is 10.2. The number of nitrogens with zero attached hydrogens (tertiary/aromatic N) is 6. The van der Waals surface area contributed by atoms with E-state index in [-0.39, 0.29) is 12.0 Å². The van der Waals surface area contributed by atoms with Crippen LogP contribution in [-0.2, 0) is 18.9 Å². The normalized spacial score (nSPS) is 18.2. The van der Waals surface area contributed by atoms with E-state index in [0.717, 1.165) is 35.2 Å². The fourth-order valence-corrected chi connectivity index (χ4v) is 3.77. The molecule has 0 unspecified atom stereocenters. The lowest BCUT2D eigenvalue weighted by atomic mass is 9.82. The average Bonchev–Trinajstić information content (AvgIpc) is 3.43. The van der Waals surface area contributed by atoms with Crippen LogP contribution >= 0.6 is 0 Å². The summed E-state index contributed by atoms with van der Waals surface area (Å²) in [5.41, 5.74) is 8.27. The number of primary amides is 1. The number of carbonyl (C=O) groups excluding carboxylic acids is 1. The average molecular weight is 433 g/mol. The third-order valence-electron chi connectivity index (χ3n) is 5.39. The minimum atomic E-state index is -0.440. The number of hydrogen-bond acceptors (Lipinski definition) is 7. The van der Waals surface area contributed by atoms with Crippen molar-refractivity contribution >= 4 is 28.6 Å². The lowest BCUT2D eigenvalue weighted by Gasteiger charge is -2.33. The zero-order valence-electron chi connectivity index (χ0n) is 17.7. The zero-order valence-corrected chi connectivity index (χ0v) is 17.7. The second-order valence-corrected chi connectivity index (χ2v) is 7.91. The van der Waals surface area contributed by atoms with Gasteiger partial charge in [-0.25, -0.2) is 0 Å². The highest BCUT2D eigenvalue weighted by Gasteiger charge is 2.31. The molecule has 1 saturated carbocycles. The van der Waals surface area contributed by atoms with Crippen molar-refractivity contribution in [2.24, 2.45) is 25.7 Å². The number of hydrogen-bond donors (Lipinski definition) is 3. The number of rotatable bonds is 7. The van der Waals surface area contributed by atoms with Crippen LogP contribution in [0.3, 0.4) is 0 Å². The third kappa shape index (κ3) is 3.92. The van der Waals surface area contributed by atoms with E-state index in [1.807, 2.05) is 44.8 Å². The molecule has 0 radical (unpaired) electrons.